The lowest BCUT2D eigenvalue weighted by molar-refractivity contribution is -0.140. The summed E-state index contributed by atoms with van der Waals surface area (Å²) in [6.07, 6.45) is 4.80. The number of amides is 3. The minimum Gasteiger partial charge on any atom is -0.347 e. The number of carbonyl (C=O) groups excluding carboxylic acids is 3. The molecule has 1 aliphatic rings. The zero-order valence-corrected chi connectivity index (χ0v) is 24.2. The third kappa shape index (κ3) is 8.17. The third-order valence-corrected chi connectivity index (χ3v) is 7.88. The maximum Gasteiger partial charge on any atom is 0.246 e. The van der Waals surface area contributed by atoms with Crippen molar-refractivity contribution in [2.75, 3.05) is 13.6 Å². The Morgan fingerprint density at radius 2 is 1.83 bits per heavy atom. The Morgan fingerprint density at radius 3 is 2.39 bits per heavy atom. The molecular weight excluding hydrogens is 472 g/mol. The molecule has 1 aromatic heterocycles. The average molecular weight is 519 g/mol. The van der Waals surface area contributed by atoms with Crippen LogP contribution in [0.2, 0.25) is 0 Å². The SMILES string of the molecule is C/C(=C\[C@H](C(C)C)N(C)C(=O)[C@@H](NC(=O)C1CCCCN1C(C)C)C(C)C)C(=O)NCc1cccs1. The minimum atomic E-state index is -0.624. The fourth-order valence-corrected chi connectivity index (χ4v) is 5.43. The van der Waals surface area contributed by atoms with Gasteiger partial charge in [0.1, 0.15) is 6.04 Å². The second kappa shape index (κ2) is 13.9. The summed E-state index contributed by atoms with van der Waals surface area (Å²) in [4.78, 5) is 44.7. The molecular formula is C28H46N4O3S. The zero-order valence-electron chi connectivity index (χ0n) is 23.3. The molecule has 7 nitrogen and oxygen atoms in total. The van der Waals surface area contributed by atoms with Crippen molar-refractivity contribution < 1.29 is 14.4 Å². The molecule has 2 rings (SSSR count). The smallest absolute Gasteiger partial charge is 0.246 e. The van der Waals surface area contributed by atoms with Gasteiger partial charge < -0.3 is 15.5 Å². The molecule has 8 heteroatoms. The Kier molecular flexibility index (Phi) is 11.6. The molecule has 2 N–H and O–H groups in total. The standard InChI is InChI=1S/C28H46N4O3S/c1-18(2)24(16-21(7)26(33)29-17-22-12-11-15-36-22)31(8)28(35)25(19(3)4)30-27(34)23-13-9-10-14-32(23)20(5)6/h11-12,15-16,18-20,23-25H,9-10,13-14,17H2,1-8H3,(H,29,33)(H,30,34)/b21-16+/t23?,24-,25+/m1/s1. The van der Waals surface area contributed by atoms with Gasteiger partial charge in [-0.3, -0.25) is 19.3 Å². The Hall–Kier alpha value is -2.19. The molecule has 0 aromatic carbocycles. The van der Waals surface area contributed by atoms with Gasteiger partial charge in [0.25, 0.3) is 0 Å². The van der Waals surface area contributed by atoms with Crippen LogP contribution in [0.4, 0.5) is 0 Å². The summed E-state index contributed by atoms with van der Waals surface area (Å²) in [6.45, 7) is 15.4. The average Bonchev–Trinajstić information content (AvgIpc) is 3.36. The van der Waals surface area contributed by atoms with Crippen LogP contribution >= 0.6 is 11.3 Å². The predicted molar refractivity (Wildman–Crippen MR) is 148 cm³/mol. The minimum absolute atomic E-state index is 0.0630. The number of nitrogens with zero attached hydrogens (tertiary/aromatic N) is 2. The quantitative estimate of drug-likeness (QED) is 0.430. The lowest BCUT2D eigenvalue weighted by Gasteiger charge is -2.39. The molecule has 1 aliphatic heterocycles. The van der Waals surface area contributed by atoms with Gasteiger partial charge in [-0.15, -0.1) is 11.3 Å². The first-order valence-electron chi connectivity index (χ1n) is 13.3. The highest BCUT2D eigenvalue weighted by atomic mass is 32.1. The molecule has 1 fully saturated rings. The maximum atomic E-state index is 13.7. The Bertz CT molecular complexity index is 895. The van der Waals surface area contributed by atoms with Crippen molar-refractivity contribution in [1.82, 2.24) is 20.4 Å². The van der Waals surface area contributed by atoms with Crippen molar-refractivity contribution in [1.29, 1.82) is 0 Å². The van der Waals surface area contributed by atoms with Crippen molar-refractivity contribution in [2.24, 2.45) is 11.8 Å². The van der Waals surface area contributed by atoms with E-state index in [1.165, 1.54) is 0 Å². The van der Waals surface area contributed by atoms with E-state index in [0.717, 1.165) is 30.7 Å². The van der Waals surface area contributed by atoms with Crippen LogP contribution in [0.15, 0.2) is 29.2 Å². The largest absolute Gasteiger partial charge is 0.347 e. The Labute approximate surface area is 221 Å². The predicted octanol–water partition coefficient (Wildman–Crippen LogP) is 4.20. The second-order valence-corrected chi connectivity index (χ2v) is 11.9. The summed E-state index contributed by atoms with van der Waals surface area (Å²) >= 11 is 1.60. The van der Waals surface area contributed by atoms with E-state index in [1.54, 1.807) is 30.2 Å². The molecule has 3 atom stereocenters. The van der Waals surface area contributed by atoms with Gasteiger partial charge in [-0.2, -0.15) is 0 Å². The molecule has 202 valence electrons. The summed E-state index contributed by atoms with van der Waals surface area (Å²) in [5.41, 5.74) is 0.574. The van der Waals surface area contributed by atoms with Crippen molar-refractivity contribution in [3.05, 3.63) is 34.0 Å². The van der Waals surface area contributed by atoms with Crippen LogP contribution in [0.5, 0.6) is 0 Å². The number of piperidine rings is 1. The molecule has 1 unspecified atom stereocenters. The Morgan fingerprint density at radius 1 is 1.14 bits per heavy atom. The molecule has 1 aromatic rings. The van der Waals surface area contributed by atoms with E-state index in [-0.39, 0.29) is 47.7 Å². The van der Waals surface area contributed by atoms with Gasteiger partial charge >= 0.3 is 0 Å². The number of carbonyl (C=O) groups is 3. The van der Waals surface area contributed by atoms with E-state index in [1.807, 2.05) is 51.3 Å². The van der Waals surface area contributed by atoms with Gasteiger partial charge in [-0.25, -0.2) is 0 Å². The number of thiophene rings is 1. The fraction of sp³-hybridized carbons (Fsp3) is 0.679. The monoisotopic (exact) mass is 518 g/mol. The highest BCUT2D eigenvalue weighted by Gasteiger charge is 2.36. The van der Waals surface area contributed by atoms with Crippen LogP contribution in [-0.4, -0.2) is 65.3 Å². The van der Waals surface area contributed by atoms with Crippen LogP contribution in [-0.2, 0) is 20.9 Å². The molecule has 0 spiro atoms. The number of hydrogen-bond acceptors (Lipinski definition) is 5. The van der Waals surface area contributed by atoms with E-state index in [9.17, 15) is 14.4 Å². The van der Waals surface area contributed by atoms with Crippen LogP contribution in [0.3, 0.4) is 0 Å². The fourth-order valence-electron chi connectivity index (χ4n) is 4.79. The van der Waals surface area contributed by atoms with Gasteiger partial charge in [0, 0.05) is 23.5 Å². The number of likely N-dealkylation sites (tertiary alicyclic amines) is 1. The summed E-state index contributed by atoms with van der Waals surface area (Å²) in [5.74, 6) is -0.310. The van der Waals surface area contributed by atoms with Crippen molar-refractivity contribution in [2.45, 2.75) is 98.4 Å². The van der Waals surface area contributed by atoms with Crippen molar-refractivity contribution in [3.63, 3.8) is 0 Å². The van der Waals surface area contributed by atoms with Gasteiger partial charge in [0.2, 0.25) is 17.7 Å². The molecule has 2 heterocycles. The first kappa shape index (κ1) is 30.0. The first-order chi connectivity index (χ1) is 16.9. The normalized spacial score (nSPS) is 18.9. The highest BCUT2D eigenvalue weighted by molar-refractivity contribution is 7.09. The van der Waals surface area contributed by atoms with Gasteiger partial charge in [0.05, 0.1) is 18.6 Å². The van der Waals surface area contributed by atoms with Crippen LogP contribution in [0.1, 0.15) is 72.6 Å². The second-order valence-electron chi connectivity index (χ2n) is 10.9. The maximum absolute atomic E-state index is 13.7. The van der Waals surface area contributed by atoms with Gasteiger partial charge in [0.15, 0.2) is 0 Å². The van der Waals surface area contributed by atoms with Crippen molar-refractivity contribution in [3.8, 4) is 0 Å². The number of hydrogen-bond donors (Lipinski definition) is 2. The molecule has 0 bridgehead atoms. The number of likely N-dealkylation sites (N-methyl/N-ethyl adjacent to an activating group) is 1. The lowest BCUT2D eigenvalue weighted by Crippen LogP contribution is -2.58. The first-order valence-corrected chi connectivity index (χ1v) is 14.1. The number of nitrogens with one attached hydrogen (secondary N) is 2. The lowest BCUT2D eigenvalue weighted by atomic mass is 9.95. The third-order valence-electron chi connectivity index (χ3n) is 7.00. The van der Waals surface area contributed by atoms with Gasteiger partial charge in [-0.05, 0) is 63.4 Å². The van der Waals surface area contributed by atoms with E-state index in [0.29, 0.717) is 12.1 Å². The Balaban J connectivity index is 2.13. The summed E-state index contributed by atoms with van der Waals surface area (Å²) in [5, 5.41) is 8.02. The summed E-state index contributed by atoms with van der Waals surface area (Å²) in [7, 11) is 1.77. The van der Waals surface area contributed by atoms with Gasteiger partial charge in [-0.1, -0.05) is 46.3 Å². The topological polar surface area (TPSA) is 81.8 Å². The van der Waals surface area contributed by atoms with Crippen LogP contribution < -0.4 is 10.6 Å². The van der Waals surface area contributed by atoms with E-state index in [4.69, 9.17) is 0 Å². The highest BCUT2D eigenvalue weighted by Crippen LogP contribution is 2.21. The van der Waals surface area contributed by atoms with Crippen molar-refractivity contribution >= 4 is 29.1 Å². The van der Waals surface area contributed by atoms with E-state index >= 15 is 0 Å². The van der Waals surface area contributed by atoms with Crippen LogP contribution in [0, 0.1) is 11.8 Å². The summed E-state index contributed by atoms with van der Waals surface area (Å²) < 4.78 is 0. The van der Waals surface area contributed by atoms with Crippen LogP contribution in [0.25, 0.3) is 0 Å². The number of rotatable bonds is 11. The molecule has 36 heavy (non-hydrogen) atoms. The molecule has 0 radical (unpaired) electrons. The molecule has 0 aliphatic carbocycles. The molecule has 3 amide bonds. The summed E-state index contributed by atoms with van der Waals surface area (Å²) in [6, 6.07) is 3.13. The van der Waals surface area contributed by atoms with E-state index in [2.05, 4.69) is 29.4 Å². The molecule has 0 saturated carbocycles. The zero-order chi connectivity index (χ0) is 27.0. The molecule has 1 saturated heterocycles. The van der Waals surface area contributed by atoms with E-state index < -0.39 is 6.04 Å².